The standard InChI is InChI=1S/C18H14N4O4/c1-11(23)25-15-9-5-3-7-13(15)17-19-21-18(22-20-17)14-8-4-6-10-16(14)26-12(2)24/h3-10H,1-2H3. The minimum absolute atomic E-state index is 0.204. The molecule has 0 saturated carbocycles. The molecule has 2 aromatic carbocycles. The van der Waals surface area contributed by atoms with Gasteiger partial charge in [-0.2, -0.15) is 0 Å². The first-order valence-corrected chi connectivity index (χ1v) is 7.67. The Kier molecular flexibility index (Phi) is 4.93. The van der Waals surface area contributed by atoms with Crippen molar-refractivity contribution in [2.45, 2.75) is 13.8 Å². The summed E-state index contributed by atoms with van der Waals surface area (Å²) in [5.74, 6) is 0.134. The first kappa shape index (κ1) is 17.2. The monoisotopic (exact) mass is 350 g/mol. The van der Waals surface area contributed by atoms with Crippen molar-refractivity contribution in [3.63, 3.8) is 0 Å². The molecule has 0 saturated heterocycles. The van der Waals surface area contributed by atoms with Crippen LogP contribution >= 0.6 is 0 Å². The zero-order chi connectivity index (χ0) is 18.5. The highest BCUT2D eigenvalue weighted by Crippen LogP contribution is 2.29. The Labute approximate surface area is 148 Å². The smallest absolute Gasteiger partial charge is 0.308 e. The number of nitrogens with zero attached hydrogens (tertiary/aromatic N) is 4. The number of rotatable bonds is 4. The van der Waals surface area contributed by atoms with Crippen molar-refractivity contribution in [3.05, 3.63) is 48.5 Å². The van der Waals surface area contributed by atoms with Crippen LogP contribution in [0.3, 0.4) is 0 Å². The van der Waals surface area contributed by atoms with Gasteiger partial charge in [0, 0.05) is 13.8 Å². The Morgan fingerprint density at radius 1 is 0.654 bits per heavy atom. The van der Waals surface area contributed by atoms with E-state index in [2.05, 4.69) is 20.4 Å². The summed E-state index contributed by atoms with van der Waals surface area (Å²) in [6, 6.07) is 13.6. The second-order valence-corrected chi connectivity index (χ2v) is 5.23. The number of hydrogen-bond acceptors (Lipinski definition) is 8. The van der Waals surface area contributed by atoms with E-state index in [1.165, 1.54) is 13.8 Å². The van der Waals surface area contributed by atoms with Crippen molar-refractivity contribution in [1.29, 1.82) is 0 Å². The van der Waals surface area contributed by atoms with Crippen molar-refractivity contribution in [2.24, 2.45) is 0 Å². The zero-order valence-electron chi connectivity index (χ0n) is 14.0. The number of benzene rings is 2. The number of esters is 2. The number of aromatic nitrogens is 4. The maximum atomic E-state index is 11.2. The van der Waals surface area contributed by atoms with Crippen LogP contribution in [0.25, 0.3) is 22.8 Å². The highest BCUT2D eigenvalue weighted by Gasteiger charge is 2.15. The lowest BCUT2D eigenvalue weighted by atomic mass is 10.2. The van der Waals surface area contributed by atoms with Gasteiger partial charge in [-0.25, -0.2) is 0 Å². The lowest BCUT2D eigenvalue weighted by molar-refractivity contribution is -0.132. The molecule has 0 atom stereocenters. The second-order valence-electron chi connectivity index (χ2n) is 5.23. The molecule has 3 rings (SSSR count). The Morgan fingerprint density at radius 3 is 1.35 bits per heavy atom. The molecule has 0 amide bonds. The van der Waals surface area contributed by atoms with Gasteiger partial charge < -0.3 is 9.47 Å². The van der Waals surface area contributed by atoms with E-state index in [9.17, 15) is 9.59 Å². The number of hydrogen-bond donors (Lipinski definition) is 0. The summed E-state index contributed by atoms with van der Waals surface area (Å²) in [6.45, 7) is 2.62. The van der Waals surface area contributed by atoms with Gasteiger partial charge in [0.15, 0.2) is 0 Å². The minimum atomic E-state index is -0.453. The van der Waals surface area contributed by atoms with E-state index >= 15 is 0 Å². The first-order chi connectivity index (χ1) is 12.5. The maximum absolute atomic E-state index is 11.2. The summed E-state index contributed by atoms with van der Waals surface area (Å²) in [6.07, 6.45) is 0. The van der Waals surface area contributed by atoms with Crippen LogP contribution in [-0.4, -0.2) is 32.3 Å². The predicted octanol–water partition coefficient (Wildman–Crippen LogP) is 2.45. The largest absolute Gasteiger partial charge is 0.426 e. The van der Waals surface area contributed by atoms with E-state index < -0.39 is 11.9 Å². The molecule has 3 aromatic rings. The molecule has 0 aliphatic heterocycles. The third-order valence-electron chi connectivity index (χ3n) is 3.24. The number of carbonyl (C=O) groups excluding carboxylic acids is 2. The minimum Gasteiger partial charge on any atom is -0.426 e. The molecular weight excluding hydrogens is 336 g/mol. The summed E-state index contributed by atoms with van der Waals surface area (Å²) in [7, 11) is 0. The third kappa shape index (κ3) is 3.86. The summed E-state index contributed by atoms with van der Waals surface area (Å²) in [5.41, 5.74) is 0.977. The molecule has 0 fully saturated rings. The molecule has 0 radical (unpaired) electrons. The van der Waals surface area contributed by atoms with Crippen LogP contribution in [0, 0.1) is 0 Å². The summed E-state index contributed by atoms with van der Waals surface area (Å²) >= 11 is 0. The first-order valence-electron chi connectivity index (χ1n) is 7.67. The molecule has 0 unspecified atom stereocenters. The van der Waals surface area contributed by atoms with Crippen LogP contribution in [0.15, 0.2) is 48.5 Å². The fourth-order valence-electron chi connectivity index (χ4n) is 2.24. The Balaban J connectivity index is 1.96. The van der Waals surface area contributed by atoms with Gasteiger partial charge in [0.2, 0.25) is 11.6 Å². The summed E-state index contributed by atoms with van der Waals surface area (Å²) in [5, 5.41) is 16.2. The van der Waals surface area contributed by atoms with E-state index in [0.29, 0.717) is 22.6 Å². The van der Waals surface area contributed by atoms with Crippen LogP contribution in [-0.2, 0) is 9.59 Å². The molecule has 1 aromatic heterocycles. The van der Waals surface area contributed by atoms with E-state index in [0.717, 1.165) is 0 Å². The Bertz CT molecular complexity index is 879. The van der Waals surface area contributed by atoms with Gasteiger partial charge in [-0.05, 0) is 24.3 Å². The second kappa shape index (κ2) is 7.47. The molecule has 26 heavy (non-hydrogen) atoms. The number of ether oxygens (including phenoxy) is 2. The van der Waals surface area contributed by atoms with Crippen LogP contribution in [0.1, 0.15) is 13.8 Å². The van der Waals surface area contributed by atoms with Crippen LogP contribution in [0.2, 0.25) is 0 Å². The Hall–Kier alpha value is -3.68. The van der Waals surface area contributed by atoms with E-state index in [4.69, 9.17) is 9.47 Å². The van der Waals surface area contributed by atoms with Gasteiger partial charge in [0.1, 0.15) is 11.5 Å². The molecule has 0 aliphatic rings. The molecule has 0 N–H and O–H groups in total. The molecule has 130 valence electrons. The summed E-state index contributed by atoms with van der Waals surface area (Å²) in [4.78, 5) is 22.5. The van der Waals surface area contributed by atoms with Crippen molar-refractivity contribution in [2.75, 3.05) is 0 Å². The van der Waals surface area contributed by atoms with Gasteiger partial charge in [0.05, 0.1) is 11.1 Å². The fraction of sp³-hybridized carbons (Fsp3) is 0.111. The molecule has 8 heteroatoms. The van der Waals surface area contributed by atoms with E-state index in [-0.39, 0.29) is 11.6 Å². The number of para-hydroxylation sites is 2. The van der Waals surface area contributed by atoms with Crippen LogP contribution in [0.5, 0.6) is 11.5 Å². The summed E-state index contributed by atoms with van der Waals surface area (Å²) < 4.78 is 10.3. The van der Waals surface area contributed by atoms with Crippen LogP contribution < -0.4 is 9.47 Å². The van der Waals surface area contributed by atoms with Crippen LogP contribution in [0.4, 0.5) is 0 Å². The van der Waals surface area contributed by atoms with Gasteiger partial charge >= 0.3 is 11.9 Å². The molecule has 0 spiro atoms. The van der Waals surface area contributed by atoms with Crippen molar-refractivity contribution in [1.82, 2.24) is 20.4 Å². The highest BCUT2D eigenvalue weighted by atomic mass is 16.5. The zero-order valence-corrected chi connectivity index (χ0v) is 14.0. The normalized spacial score (nSPS) is 10.2. The quantitative estimate of drug-likeness (QED) is 0.522. The Morgan fingerprint density at radius 2 is 1.00 bits per heavy atom. The topological polar surface area (TPSA) is 104 Å². The van der Waals surface area contributed by atoms with Gasteiger partial charge in [-0.3, -0.25) is 9.59 Å². The SMILES string of the molecule is CC(=O)Oc1ccccc1-c1nnc(-c2ccccc2OC(C)=O)nn1. The predicted molar refractivity (Wildman–Crippen MR) is 91.1 cm³/mol. The van der Waals surface area contributed by atoms with E-state index in [1.54, 1.807) is 48.5 Å². The lowest BCUT2D eigenvalue weighted by Gasteiger charge is -2.08. The maximum Gasteiger partial charge on any atom is 0.308 e. The molecule has 0 bridgehead atoms. The fourth-order valence-corrected chi connectivity index (χ4v) is 2.24. The van der Waals surface area contributed by atoms with Gasteiger partial charge in [0.25, 0.3) is 0 Å². The molecular formula is C18H14N4O4. The van der Waals surface area contributed by atoms with Crippen molar-refractivity contribution in [3.8, 4) is 34.3 Å². The lowest BCUT2D eigenvalue weighted by Crippen LogP contribution is -2.06. The molecule has 8 nitrogen and oxygen atoms in total. The highest BCUT2D eigenvalue weighted by molar-refractivity contribution is 5.75. The van der Waals surface area contributed by atoms with Gasteiger partial charge in [-0.1, -0.05) is 24.3 Å². The number of carbonyl (C=O) groups is 2. The average molecular weight is 350 g/mol. The van der Waals surface area contributed by atoms with E-state index in [1.807, 2.05) is 0 Å². The van der Waals surface area contributed by atoms with Crippen molar-refractivity contribution < 1.29 is 19.1 Å². The molecule has 1 heterocycles. The van der Waals surface area contributed by atoms with Gasteiger partial charge in [-0.15, -0.1) is 20.4 Å². The average Bonchev–Trinajstić information content (AvgIpc) is 2.62. The molecule has 0 aliphatic carbocycles. The third-order valence-corrected chi connectivity index (χ3v) is 3.24. The van der Waals surface area contributed by atoms with Crippen molar-refractivity contribution >= 4 is 11.9 Å².